The van der Waals surface area contributed by atoms with Crippen LogP contribution in [0.5, 0.6) is 0 Å². The quantitative estimate of drug-likeness (QED) is 0.633. The van der Waals surface area contributed by atoms with E-state index in [-0.39, 0.29) is 24.7 Å². The number of carbonyl (C=O) groups excluding carboxylic acids is 1. The average molecular weight is 435 g/mol. The highest BCUT2D eigenvalue weighted by Gasteiger charge is 2.43. The fourth-order valence-corrected chi connectivity index (χ4v) is 6.01. The van der Waals surface area contributed by atoms with E-state index in [1.54, 1.807) is 0 Å². The van der Waals surface area contributed by atoms with E-state index >= 15 is 0 Å². The van der Waals surface area contributed by atoms with Gasteiger partial charge in [0, 0.05) is 38.3 Å². The van der Waals surface area contributed by atoms with Crippen LogP contribution in [-0.2, 0) is 14.3 Å². The SMILES string of the molecule is CCO[C@@H]1OC(C(=O)N2CCC(N3CCCCC3)CC2)=C[C@H](C2CCC2)[C@@H]1CCCO. The largest absolute Gasteiger partial charge is 0.459 e. The third-order valence-corrected chi connectivity index (χ3v) is 8.02. The van der Waals surface area contributed by atoms with E-state index in [9.17, 15) is 9.90 Å². The van der Waals surface area contributed by atoms with Gasteiger partial charge < -0.3 is 24.4 Å². The fourth-order valence-electron chi connectivity index (χ4n) is 6.01. The van der Waals surface area contributed by atoms with Crippen LogP contribution in [0.4, 0.5) is 0 Å². The van der Waals surface area contributed by atoms with Crippen molar-refractivity contribution in [3.05, 3.63) is 11.8 Å². The summed E-state index contributed by atoms with van der Waals surface area (Å²) in [6, 6.07) is 0.632. The maximum absolute atomic E-state index is 13.4. The van der Waals surface area contributed by atoms with Gasteiger partial charge >= 0.3 is 0 Å². The second kappa shape index (κ2) is 11.2. The molecule has 31 heavy (non-hydrogen) atoms. The molecule has 0 radical (unpaired) electrons. The Hall–Kier alpha value is -1.11. The summed E-state index contributed by atoms with van der Waals surface area (Å²) in [6.45, 7) is 6.83. The molecule has 0 spiro atoms. The van der Waals surface area contributed by atoms with Crippen molar-refractivity contribution in [1.29, 1.82) is 0 Å². The monoisotopic (exact) mass is 434 g/mol. The summed E-state index contributed by atoms with van der Waals surface area (Å²) in [5, 5.41) is 9.37. The molecule has 2 saturated heterocycles. The van der Waals surface area contributed by atoms with Crippen molar-refractivity contribution in [3.63, 3.8) is 0 Å². The molecule has 0 bridgehead atoms. The number of aliphatic hydroxyl groups is 1. The lowest BCUT2D eigenvalue weighted by atomic mass is 9.68. The van der Waals surface area contributed by atoms with Gasteiger partial charge in [0.2, 0.25) is 6.29 Å². The third-order valence-electron chi connectivity index (χ3n) is 8.02. The minimum atomic E-state index is -0.378. The lowest BCUT2D eigenvalue weighted by Crippen LogP contribution is -2.49. The third kappa shape index (κ3) is 5.45. The van der Waals surface area contributed by atoms with Gasteiger partial charge in [-0.2, -0.15) is 0 Å². The molecule has 3 fully saturated rings. The Kier molecular flexibility index (Phi) is 8.30. The Labute approximate surface area is 187 Å². The lowest BCUT2D eigenvalue weighted by Gasteiger charge is -2.44. The predicted molar refractivity (Wildman–Crippen MR) is 120 cm³/mol. The van der Waals surface area contributed by atoms with Gasteiger partial charge in [0.05, 0.1) is 0 Å². The van der Waals surface area contributed by atoms with Crippen molar-refractivity contribution in [2.45, 2.75) is 83.5 Å². The van der Waals surface area contributed by atoms with E-state index in [1.807, 2.05) is 11.8 Å². The van der Waals surface area contributed by atoms with Gasteiger partial charge in [-0.15, -0.1) is 0 Å². The van der Waals surface area contributed by atoms with Crippen LogP contribution in [0.1, 0.15) is 71.1 Å². The van der Waals surface area contributed by atoms with Gasteiger partial charge in [-0.3, -0.25) is 4.79 Å². The van der Waals surface area contributed by atoms with E-state index < -0.39 is 0 Å². The number of likely N-dealkylation sites (tertiary alicyclic amines) is 2. The van der Waals surface area contributed by atoms with E-state index in [1.165, 1.54) is 51.6 Å². The molecule has 6 heteroatoms. The van der Waals surface area contributed by atoms with Gasteiger partial charge in [-0.1, -0.05) is 12.8 Å². The summed E-state index contributed by atoms with van der Waals surface area (Å²) in [5.74, 6) is 1.70. The number of amides is 1. The molecule has 4 aliphatic rings. The highest BCUT2D eigenvalue weighted by Crippen LogP contribution is 2.45. The number of ether oxygens (including phenoxy) is 2. The molecular weight excluding hydrogens is 392 g/mol. The second-order valence-electron chi connectivity index (χ2n) is 9.89. The van der Waals surface area contributed by atoms with Crippen LogP contribution in [0.25, 0.3) is 0 Å². The number of rotatable bonds is 8. The van der Waals surface area contributed by atoms with Crippen LogP contribution in [0.3, 0.4) is 0 Å². The van der Waals surface area contributed by atoms with Gasteiger partial charge in [-0.25, -0.2) is 0 Å². The van der Waals surface area contributed by atoms with Gasteiger partial charge in [0.15, 0.2) is 5.76 Å². The number of carbonyl (C=O) groups is 1. The van der Waals surface area contributed by atoms with Crippen LogP contribution in [-0.4, -0.2) is 72.5 Å². The summed E-state index contributed by atoms with van der Waals surface area (Å²) in [4.78, 5) is 18.0. The molecule has 1 N–H and O–H groups in total. The number of hydrogen-bond donors (Lipinski definition) is 1. The minimum Gasteiger partial charge on any atom is -0.459 e. The van der Waals surface area contributed by atoms with E-state index in [0.717, 1.165) is 38.8 Å². The Morgan fingerprint density at radius 3 is 2.45 bits per heavy atom. The molecule has 3 aliphatic heterocycles. The fraction of sp³-hybridized carbons (Fsp3) is 0.880. The first-order valence-corrected chi connectivity index (χ1v) is 12.9. The van der Waals surface area contributed by atoms with Crippen molar-refractivity contribution in [2.24, 2.45) is 17.8 Å². The summed E-state index contributed by atoms with van der Waals surface area (Å²) >= 11 is 0. The normalized spacial score (nSPS) is 31.1. The first-order chi connectivity index (χ1) is 15.2. The molecule has 176 valence electrons. The average Bonchev–Trinajstić information content (AvgIpc) is 2.77. The Balaban J connectivity index is 1.42. The zero-order valence-corrected chi connectivity index (χ0v) is 19.3. The number of allylic oxidation sites excluding steroid dienone is 1. The van der Waals surface area contributed by atoms with Crippen molar-refractivity contribution in [1.82, 2.24) is 9.80 Å². The molecule has 4 rings (SSSR count). The van der Waals surface area contributed by atoms with E-state index in [0.29, 0.717) is 30.2 Å². The summed E-state index contributed by atoms with van der Waals surface area (Å²) < 4.78 is 12.2. The minimum absolute atomic E-state index is 0.0479. The van der Waals surface area contributed by atoms with Gasteiger partial charge in [0.25, 0.3) is 5.91 Å². The molecule has 0 aromatic rings. The van der Waals surface area contributed by atoms with E-state index in [4.69, 9.17) is 9.47 Å². The molecule has 1 amide bonds. The highest BCUT2D eigenvalue weighted by atomic mass is 16.7. The number of aliphatic hydroxyl groups excluding tert-OH is 1. The second-order valence-corrected chi connectivity index (χ2v) is 9.89. The van der Waals surface area contributed by atoms with Gasteiger partial charge in [0.1, 0.15) is 0 Å². The molecule has 1 aliphatic carbocycles. The molecule has 3 atom stereocenters. The molecule has 3 heterocycles. The zero-order valence-electron chi connectivity index (χ0n) is 19.3. The Bertz CT molecular complexity index is 607. The van der Waals surface area contributed by atoms with Crippen molar-refractivity contribution >= 4 is 5.91 Å². The van der Waals surface area contributed by atoms with E-state index in [2.05, 4.69) is 11.0 Å². The number of piperidine rings is 2. The summed E-state index contributed by atoms with van der Waals surface area (Å²) in [5.41, 5.74) is 0. The maximum atomic E-state index is 13.4. The standard InChI is InChI=1S/C25H42N2O4/c1-2-30-25-21(10-7-17-28)22(19-8-6-9-19)18-23(31-25)24(29)27-15-11-20(12-16-27)26-13-4-3-5-14-26/h18-22,25,28H,2-17H2,1H3/t21-,22+,25+/m0/s1. The molecule has 0 unspecified atom stereocenters. The van der Waals surface area contributed by atoms with Crippen molar-refractivity contribution in [2.75, 3.05) is 39.4 Å². The van der Waals surface area contributed by atoms with Crippen molar-refractivity contribution in [3.8, 4) is 0 Å². The van der Waals surface area contributed by atoms with Crippen LogP contribution < -0.4 is 0 Å². The first-order valence-electron chi connectivity index (χ1n) is 12.9. The first kappa shape index (κ1) is 23.1. The molecule has 1 saturated carbocycles. The summed E-state index contributed by atoms with van der Waals surface area (Å²) in [7, 11) is 0. The van der Waals surface area contributed by atoms with Crippen LogP contribution in [0.15, 0.2) is 11.8 Å². The van der Waals surface area contributed by atoms with Gasteiger partial charge in [-0.05, 0) is 89.3 Å². The molecule has 0 aromatic heterocycles. The Morgan fingerprint density at radius 1 is 1.10 bits per heavy atom. The number of nitrogens with zero attached hydrogens (tertiary/aromatic N) is 2. The highest BCUT2D eigenvalue weighted by molar-refractivity contribution is 5.91. The smallest absolute Gasteiger partial charge is 0.288 e. The molecular formula is C25H42N2O4. The Morgan fingerprint density at radius 2 is 1.84 bits per heavy atom. The molecule has 0 aromatic carbocycles. The van der Waals surface area contributed by atoms with Crippen molar-refractivity contribution < 1.29 is 19.4 Å². The topological polar surface area (TPSA) is 62.2 Å². The lowest BCUT2D eigenvalue weighted by molar-refractivity contribution is -0.181. The molecule has 6 nitrogen and oxygen atoms in total. The van der Waals surface area contributed by atoms with Crippen LogP contribution in [0, 0.1) is 17.8 Å². The zero-order chi connectivity index (χ0) is 21.6. The maximum Gasteiger partial charge on any atom is 0.288 e. The predicted octanol–water partition coefficient (Wildman–Crippen LogP) is 3.55. The van der Waals surface area contributed by atoms with Crippen LogP contribution >= 0.6 is 0 Å². The van der Waals surface area contributed by atoms with Crippen LogP contribution in [0.2, 0.25) is 0 Å². The number of hydrogen-bond acceptors (Lipinski definition) is 5. The summed E-state index contributed by atoms with van der Waals surface area (Å²) in [6.07, 6.45) is 13.2.